The van der Waals surface area contributed by atoms with E-state index in [9.17, 15) is 9.18 Å². The minimum absolute atomic E-state index is 0.125. The van der Waals surface area contributed by atoms with Crippen molar-refractivity contribution in [3.63, 3.8) is 0 Å². The molecule has 8 heteroatoms. The molecular weight excluding hydrogens is 469 g/mol. The van der Waals surface area contributed by atoms with Crippen LogP contribution < -0.4 is 10.1 Å². The molecule has 5 rings (SSSR count). The van der Waals surface area contributed by atoms with Crippen molar-refractivity contribution in [2.75, 3.05) is 39.3 Å². The van der Waals surface area contributed by atoms with Crippen LogP contribution in [0.4, 0.5) is 4.39 Å². The highest BCUT2D eigenvalue weighted by Gasteiger charge is 2.25. The number of furan rings is 1. The largest absolute Gasteiger partial charge is 0.489 e. The van der Waals surface area contributed by atoms with Crippen LogP contribution in [0.3, 0.4) is 0 Å². The van der Waals surface area contributed by atoms with Crippen molar-refractivity contribution in [3.8, 4) is 17.1 Å². The van der Waals surface area contributed by atoms with Crippen LogP contribution >= 0.6 is 11.6 Å². The third-order valence-electron chi connectivity index (χ3n) is 6.59. The molecule has 0 saturated carbocycles. The zero-order chi connectivity index (χ0) is 24.2. The maximum Gasteiger partial charge on any atom is 0.289 e. The van der Waals surface area contributed by atoms with Gasteiger partial charge in [-0.25, -0.2) is 4.39 Å². The number of benzene rings is 2. The molecule has 0 bridgehead atoms. The van der Waals surface area contributed by atoms with Gasteiger partial charge in [0.1, 0.15) is 23.4 Å². The third kappa shape index (κ3) is 5.86. The Kier molecular flexibility index (Phi) is 7.37. The van der Waals surface area contributed by atoms with Crippen molar-refractivity contribution in [2.45, 2.75) is 25.5 Å². The summed E-state index contributed by atoms with van der Waals surface area (Å²) >= 11 is 6.51. The maximum absolute atomic E-state index is 13.2. The van der Waals surface area contributed by atoms with Crippen LogP contribution in [0.2, 0.25) is 5.02 Å². The fraction of sp³-hybridized carbons (Fsp3) is 0.370. The molecule has 2 saturated heterocycles. The monoisotopic (exact) mass is 497 g/mol. The molecule has 2 aromatic carbocycles. The Balaban J connectivity index is 1.13. The summed E-state index contributed by atoms with van der Waals surface area (Å²) in [6, 6.07) is 15.5. The first-order valence-electron chi connectivity index (χ1n) is 12.1. The lowest BCUT2D eigenvalue weighted by atomic mass is 10.1. The Hall–Kier alpha value is -2.87. The van der Waals surface area contributed by atoms with Crippen LogP contribution in [0, 0.1) is 5.82 Å². The number of piperidine rings is 1. The van der Waals surface area contributed by atoms with Gasteiger partial charge in [-0.15, -0.1) is 0 Å². The summed E-state index contributed by atoms with van der Waals surface area (Å²) < 4.78 is 25.0. The number of carbonyl (C=O) groups excluding carboxylic acids is 1. The molecule has 2 aliphatic heterocycles. The third-order valence-corrected chi connectivity index (χ3v) is 6.88. The van der Waals surface area contributed by atoms with E-state index >= 15 is 0 Å². The summed E-state index contributed by atoms with van der Waals surface area (Å²) in [5.41, 5.74) is 1.86. The van der Waals surface area contributed by atoms with Crippen molar-refractivity contribution >= 4 is 17.5 Å². The predicted molar refractivity (Wildman–Crippen MR) is 133 cm³/mol. The molecule has 1 aromatic heterocycles. The van der Waals surface area contributed by atoms with Gasteiger partial charge in [0, 0.05) is 38.3 Å². The van der Waals surface area contributed by atoms with E-state index in [2.05, 4.69) is 16.3 Å². The molecule has 2 fully saturated rings. The molecule has 6 nitrogen and oxygen atoms in total. The summed E-state index contributed by atoms with van der Waals surface area (Å²) in [6.45, 7) is 5.50. The van der Waals surface area contributed by atoms with E-state index in [0.717, 1.165) is 62.4 Å². The van der Waals surface area contributed by atoms with Gasteiger partial charge in [0.15, 0.2) is 5.76 Å². The van der Waals surface area contributed by atoms with Crippen LogP contribution in [0.1, 0.15) is 29.0 Å². The highest BCUT2D eigenvalue weighted by molar-refractivity contribution is 6.32. The molecule has 1 N–H and O–H groups in total. The Bertz CT molecular complexity index is 1150. The van der Waals surface area contributed by atoms with Crippen molar-refractivity contribution in [1.82, 2.24) is 15.1 Å². The topological polar surface area (TPSA) is 58.0 Å². The lowest BCUT2D eigenvalue weighted by Crippen LogP contribution is -2.48. The summed E-state index contributed by atoms with van der Waals surface area (Å²) in [7, 11) is 0. The fourth-order valence-corrected chi connectivity index (χ4v) is 4.82. The lowest BCUT2D eigenvalue weighted by Gasteiger charge is -2.34. The molecule has 0 unspecified atom stereocenters. The molecule has 2 aliphatic rings. The van der Waals surface area contributed by atoms with Gasteiger partial charge in [0.05, 0.1) is 5.02 Å². The second kappa shape index (κ2) is 10.8. The van der Waals surface area contributed by atoms with Crippen molar-refractivity contribution < 1.29 is 18.3 Å². The van der Waals surface area contributed by atoms with E-state index in [1.807, 2.05) is 17.0 Å². The number of hydrogen-bond acceptors (Lipinski definition) is 5. The molecule has 3 aromatic rings. The normalized spacial score (nSPS) is 17.5. The van der Waals surface area contributed by atoms with E-state index in [0.29, 0.717) is 29.6 Å². The molecule has 0 radical (unpaired) electrons. The summed E-state index contributed by atoms with van der Waals surface area (Å²) in [5, 5.41) is 3.98. The number of rotatable bonds is 6. The molecule has 184 valence electrons. The minimum atomic E-state index is -0.307. The second-order valence-electron chi connectivity index (χ2n) is 9.07. The molecular formula is C27H29ClFN3O3. The first-order chi connectivity index (χ1) is 17.0. The quantitative estimate of drug-likeness (QED) is 0.528. The van der Waals surface area contributed by atoms with Crippen molar-refractivity contribution in [2.24, 2.45) is 0 Å². The van der Waals surface area contributed by atoms with E-state index in [-0.39, 0.29) is 17.8 Å². The van der Waals surface area contributed by atoms with Crippen LogP contribution in [-0.4, -0.2) is 61.1 Å². The lowest BCUT2D eigenvalue weighted by molar-refractivity contribution is 0.0598. The highest BCUT2D eigenvalue weighted by atomic mass is 35.5. The summed E-state index contributed by atoms with van der Waals surface area (Å²) in [4.78, 5) is 17.1. The Morgan fingerprint density at radius 3 is 2.49 bits per heavy atom. The molecule has 3 heterocycles. The predicted octanol–water partition coefficient (Wildman–Crippen LogP) is 4.83. The number of carbonyl (C=O) groups is 1. The van der Waals surface area contributed by atoms with Gasteiger partial charge >= 0.3 is 0 Å². The van der Waals surface area contributed by atoms with Crippen LogP contribution in [0.15, 0.2) is 59.0 Å². The first kappa shape index (κ1) is 23.9. The zero-order valence-electron chi connectivity index (χ0n) is 19.5. The number of amides is 1. The van der Waals surface area contributed by atoms with Gasteiger partial charge in [-0.05, 0) is 80.0 Å². The van der Waals surface area contributed by atoms with E-state index in [1.54, 1.807) is 24.3 Å². The van der Waals surface area contributed by atoms with Gasteiger partial charge in [0.25, 0.3) is 5.91 Å². The van der Waals surface area contributed by atoms with Crippen LogP contribution in [0.25, 0.3) is 11.3 Å². The Morgan fingerprint density at radius 1 is 1.03 bits per heavy atom. The summed E-state index contributed by atoms with van der Waals surface area (Å²) in [5.74, 6) is 1.17. The SMILES string of the molecule is O=C(c1ccc(-c2ccc(F)cc2)o1)N1CCN(Cc2ccc(OC3CCNCC3)c(Cl)c2)CC1. The molecule has 0 aliphatic carbocycles. The van der Waals surface area contributed by atoms with Crippen LogP contribution in [-0.2, 0) is 6.54 Å². The van der Waals surface area contributed by atoms with Gasteiger partial charge in [-0.3, -0.25) is 9.69 Å². The standard InChI is InChI=1S/C27H29ClFN3O3/c28-23-17-19(1-6-25(23)34-22-9-11-30-12-10-22)18-31-13-15-32(16-14-31)27(33)26-8-7-24(35-26)20-2-4-21(29)5-3-20/h1-8,17,22,30H,9-16,18H2. The van der Waals surface area contributed by atoms with E-state index in [4.69, 9.17) is 20.8 Å². The minimum Gasteiger partial charge on any atom is -0.489 e. The molecule has 1 amide bonds. The number of halogens is 2. The van der Waals surface area contributed by atoms with E-state index < -0.39 is 0 Å². The Morgan fingerprint density at radius 2 is 1.77 bits per heavy atom. The number of nitrogens with one attached hydrogen (secondary N) is 1. The second-order valence-corrected chi connectivity index (χ2v) is 9.48. The van der Waals surface area contributed by atoms with E-state index in [1.165, 1.54) is 12.1 Å². The number of hydrogen-bond donors (Lipinski definition) is 1. The average molecular weight is 498 g/mol. The fourth-order valence-electron chi connectivity index (χ4n) is 4.58. The zero-order valence-corrected chi connectivity index (χ0v) is 20.3. The molecule has 0 atom stereocenters. The first-order valence-corrected chi connectivity index (χ1v) is 12.5. The maximum atomic E-state index is 13.2. The number of ether oxygens (including phenoxy) is 1. The van der Waals surface area contributed by atoms with Crippen molar-refractivity contribution in [1.29, 1.82) is 0 Å². The van der Waals surface area contributed by atoms with Gasteiger partial charge in [-0.1, -0.05) is 17.7 Å². The summed E-state index contributed by atoms with van der Waals surface area (Å²) in [6.07, 6.45) is 2.20. The number of piperazine rings is 1. The van der Waals surface area contributed by atoms with Crippen molar-refractivity contribution in [3.05, 3.63) is 76.8 Å². The number of nitrogens with zero attached hydrogens (tertiary/aromatic N) is 2. The van der Waals surface area contributed by atoms with Crippen LogP contribution in [0.5, 0.6) is 5.75 Å². The van der Waals surface area contributed by atoms with Gasteiger partial charge in [0.2, 0.25) is 0 Å². The molecule has 35 heavy (non-hydrogen) atoms. The average Bonchev–Trinajstić information content (AvgIpc) is 3.37. The van der Waals surface area contributed by atoms with Gasteiger partial charge in [-0.2, -0.15) is 0 Å². The highest BCUT2D eigenvalue weighted by Crippen LogP contribution is 2.29. The smallest absolute Gasteiger partial charge is 0.289 e. The Labute approximate surface area is 209 Å². The van der Waals surface area contributed by atoms with Gasteiger partial charge < -0.3 is 19.4 Å². The molecule has 0 spiro atoms.